The lowest BCUT2D eigenvalue weighted by Crippen LogP contribution is -2.51. The summed E-state index contributed by atoms with van der Waals surface area (Å²) in [7, 11) is -2.34. The highest BCUT2D eigenvalue weighted by molar-refractivity contribution is 7.89. The van der Waals surface area contributed by atoms with Crippen molar-refractivity contribution in [3.8, 4) is 5.75 Å². The molecule has 1 heterocycles. The Labute approximate surface area is 130 Å². The van der Waals surface area contributed by atoms with Crippen LogP contribution >= 0.6 is 0 Å². The van der Waals surface area contributed by atoms with Crippen LogP contribution in [-0.2, 0) is 10.0 Å². The van der Waals surface area contributed by atoms with Crippen LogP contribution in [0.2, 0.25) is 0 Å². The van der Waals surface area contributed by atoms with E-state index in [0.717, 1.165) is 4.31 Å². The first-order valence-corrected chi connectivity index (χ1v) is 8.39. The Balaban J connectivity index is 2.45. The minimum absolute atomic E-state index is 0.00235. The van der Waals surface area contributed by atoms with Gasteiger partial charge in [0.1, 0.15) is 17.5 Å². The highest BCUT2D eigenvalue weighted by Crippen LogP contribution is 2.39. The third-order valence-corrected chi connectivity index (χ3v) is 5.74. The number of sulfonamides is 1. The third kappa shape index (κ3) is 2.84. The van der Waals surface area contributed by atoms with Crippen LogP contribution in [-0.4, -0.2) is 54.8 Å². The summed E-state index contributed by atoms with van der Waals surface area (Å²) in [6, 6.07) is 3.66. The molecular weight excluding hydrogens is 308 g/mol. The Bertz CT molecular complexity index is 659. The molecule has 2 atom stereocenters. The van der Waals surface area contributed by atoms with Gasteiger partial charge in [-0.3, -0.25) is 0 Å². The summed E-state index contributed by atoms with van der Waals surface area (Å²) in [5.74, 6) is 0.464. The van der Waals surface area contributed by atoms with Crippen molar-refractivity contribution < 1.29 is 23.4 Å². The van der Waals surface area contributed by atoms with E-state index in [2.05, 4.69) is 0 Å². The van der Waals surface area contributed by atoms with Gasteiger partial charge in [0.15, 0.2) is 0 Å². The molecule has 0 radical (unpaired) electrons. The fraction of sp³-hybridized carbons (Fsp3) is 0.571. The van der Waals surface area contributed by atoms with Crippen LogP contribution in [0.25, 0.3) is 0 Å². The molecule has 0 saturated carbocycles. The van der Waals surface area contributed by atoms with Gasteiger partial charge in [-0.25, -0.2) is 8.42 Å². The highest BCUT2D eigenvalue weighted by Gasteiger charge is 2.41. The predicted octanol–water partition coefficient (Wildman–Crippen LogP) is -0.169. The van der Waals surface area contributed by atoms with Crippen LogP contribution in [0.3, 0.4) is 0 Å². The Morgan fingerprint density at radius 2 is 2.05 bits per heavy atom. The Morgan fingerprint density at radius 3 is 2.64 bits per heavy atom. The van der Waals surface area contributed by atoms with E-state index in [0.29, 0.717) is 11.3 Å². The number of nitrogens with zero attached hydrogens (tertiary/aromatic N) is 1. The minimum atomic E-state index is -3.72. The Morgan fingerprint density at radius 1 is 1.41 bits per heavy atom. The molecular formula is C14H22N2O5S. The topological polar surface area (TPSA) is 113 Å². The van der Waals surface area contributed by atoms with Gasteiger partial charge in [-0.1, -0.05) is 0 Å². The molecule has 0 bridgehead atoms. The molecule has 0 fully saturated rings. The zero-order chi connectivity index (χ0) is 16.7. The van der Waals surface area contributed by atoms with Gasteiger partial charge >= 0.3 is 0 Å². The molecule has 8 heteroatoms. The fourth-order valence-electron chi connectivity index (χ4n) is 2.43. The largest absolute Gasteiger partial charge is 0.485 e. The number of hydrogen-bond donors (Lipinski definition) is 3. The van der Waals surface area contributed by atoms with Gasteiger partial charge in [-0.05, 0) is 32.0 Å². The number of benzene rings is 1. The molecule has 4 N–H and O–H groups in total. The molecule has 1 aliphatic rings. The summed E-state index contributed by atoms with van der Waals surface area (Å²) in [6.45, 7) is 3.17. The zero-order valence-electron chi connectivity index (χ0n) is 12.9. The monoisotopic (exact) mass is 330 g/mol. The summed E-state index contributed by atoms with van der Waals surface area (Å²) >= 11 is 0. The first-order chi connectivity index (χ1) is 10.1. The lowest BCUT2D eigenvalue weighted by molar-refractivity contribution is -0.0572. The average molecular weight is 330 g/mol. The molecule has 0 aliphatic carbocycles. The SMILES string of the molecule is CN(CCO)S(=O)(=O)c1ccc2c(c1)[C@H](N)[C@@H](O)C(C)(C)O2. The van der Waals surface area contributed by atoms with Crippen LogP contribution in [0.1, 0.15) is 25.5 Å². The first kappa shape index (κ1) is 17.2. The first-order valence-electron chi connectivity index (χ1n) is 6.95. The molecule has 1 aromatic carbocycles. The van der Waals surface area contributed by atoms with Gasteiger partial charge in [0.05, 0.1) is 17.5 Å². The second-order valence-electron chi connectivity index (χ2n) is 5.93. The quantitative estimate of drug-likeness (QED) is 0.706. The molecule has 1 aromatic rings. The van der Waals surface area contributed by atoms with Crippen LogP contribution < -0.4 is 10.5 Å². The van der Waals surface area contributed by atoms with Crippen LogP contribution in [0.15, 0.2) is 23.1 Å². The second-order valence-corrected chi connectivity index (χ2v) is 7.97. The van der Waals surface area contributed by atoms with Gasteiger partial charge in [-0.15, -0.1) is 0 Å². The van der Waals surface area contributed by atoms with Crippen LogP contribution in [0.4, 0.5) is 0 Å². The fourth-order valence-corrected chi connectivity index (χ4v) is 3.63. The number of nitrogens with two attached hydrogens (primary N) is 1. The Hall–Kier alpha value is -1.19. The molecule has 0 amide bonds. The van der Waals surface area contributed by atoms with Gasteiger partial charge in [0.25, 0.3) is 0 Å². The van der Waals surface area contributed by atoms with Crippen LogP contribution in [0, 0.1) is 0 Å². The molecule has 1 aliphatic heterocycles. The zero-order valence-corrected chi connectivity index (χ0v) is 13.7. The highest BCUT2D eigenvalue weighted by atomic mass is 32.2. The normalized spacial score (nSPS) is 24.0. The number of hydrogen-bond acceptors (Lipinski definition) is 6. The van der Waals surface area contributed by atoms with Crippen molar-refractivity contribution in [2.75, 3.05) is 20.2 Å². The van der Waals surface area contributed by atoms with E-state index in [-0.39, 0.29) is 18.0 Å². The lowest BCUT2D eigenvalue weighted by atomic mass is 9.87. The van der Waals surface area contributed by atoms with Crippen molar-refractivity contribution in [2.24, 2.45) is 5.73 Å². The van der Waals surface area contributed by atoms with Gasteiger partial charge in [-0.2, -0.15) is 4.31 Å². The molecule has 0 unspecified atom stereocenters. The van der Waals surface area contributed by atoms with E-state index in [9.17, 15) is 13.5 Å². The van der Waals surface area contributed by atoms with Crippen molar-refractivity contribution in [3.05, 3.63) is 23.8 Å². The summed E-state index contributed by atoms with van der Waals surface area (Å²) in [4.78, 5) is 0.0492. The van der Waals surface area contributed by atoms with Crippen molar-refractivity contribution in [2.45, 2.75) is 36.5 Å². The number of fused-ring (bicyclic) bond motifs is 1. The second kappa shape index (κ2) is 5.78. The van der Waals surface area contributed by atoms with E-state index in [1.54, 1.807) is 19.9 Å². The third-order valence-electron chi connectivity index (χ3n) is 3.89. The minimum Gasteiger partial charge on any atom is -0.485 e. The Kier molecular flexibility index (Phi) is 4.51. The van der Waals surface area contributed by atoms with Gasteiger partial charge in [0, 0.05) is 19.2 Å². The summed E-state index contributed by atoms with van der Waals surface area (Å²) in [5, 5.41) is 19.1. The lowest BCUT2D eigenvalue weighted by Gasteiger charge is -2.40. The molecule has 7 nitrogen and oxygen atoms in total. The van der Waals surface area contributed by atoms with Crippen molar-refractivity contribution in [1.29, 1.82) is 0 Å². The van der Waals surface area contributed by atoms with Gasteiger partial charge in [0.2, 0.25) is 10.0 Å². The van der Waals surface area contributed by atoms with E-state index < -0.39 is 27.8 Å². The number of aliphatic hydroxyl groups excluding tert-OH is 2. The summed E-state index contributed by atoms with van der Waals surface area (Å²) in [5.41, 5.74) is 5.64. The number of aliphatic hydroxyl groups is 2. The van der Waals surface area contributed by atoms with E-state index in [1.807, 2.05) is 0 Å². The molecule has 2 rings (SSSR count). The predicted molar refractivity (Wildman–Crippen MR) is 81.0 cm³/mol. The van der Waals surface area contributed by atoms with E-state index in [1.165, 1.54) is 19.2 Å². The van der Waals surface area contributed by atoms with Crippen molar-refractivity contribution in [1.82, 2.24) is 4.31 Å². The van der Waals surface area contributed by atoms with E-state index >= 15 is 0 Å². The summed E-state index contributed by atoms with van der Waals surface area (Å²) < 4.78 is 31.5. The maximum Gasteiger partial charge on any atom is 0.242 e. The molecule has 0 spiro atoms. The number of likely N-dealkylation sites (N-methyl/N-ethyl adjacent to an activating group) is 1. The molecule has 0 aromatic heterocycles. The molecule has 22 heavy (non-hydrogen) atoms. The molecule has 0 saturated heterocycles. The number of rotatable bonds is 4. The summed E-state index contributed by atoms with van der Waals surface area (Å²) in [6.07, 6.45) is -0.951. The van der Waals surface area contributed by atoms with Crippen molar-refractivity contribution in [3.63, 3.8) is 0 Å². The maximum absolute atomic E-state index is 12.4. The maximum atomic E-state index is 12.4. The molecule has 124 valence electrons. The smallest absolute Gasteiger partial charge is 0.242 e. The van der Waals surface area contributed by atoms with E-state index in [4.69, 9.17) is 15.6 Å². The van der Waals surface area contributed by atoms with Crippen molar-refractivity contribution >= 4 is 10.0 Å². The number of ether oxygens (including phenoxy) is 1. The average Bonchev–Trinajstić information content (AvgIpc) is 2.44. The van der Waals surface area contributed by atoms with Gasteiger partial charge < -0.3 is 20.7 Å². The van der Waals surface area contributed by atoms with Crippen LogP contribution in [0.5, 0.6) is 5.75 Å². The standard InChI is InChI=1S/C14H22N2O5S/c1-14(2)13(18)12(15)10-8-9(4-5-11(10)21-14)22(19,20)16(3)6-7-17/h4-5,8,12-13,17-18H,6-7,15H2,1-3H3/t12-,13+/m0/s1.